The van der Waals surface area contributed by atoms with Crippen LogP contribution in [0.2, 0.25) is 0 Å². The molecule has 64 valence electrons. The second-order valence-corrected chi connectivity index (χ2v) is 3.22. The minimum Gasteiger partial charge on any atom is -0.375 e. The van der Waals surface area contributed by atoms with Crippen LogP contribution < -0.4 is 10.6 Å². The number of allylic oxidation sites excluding steroid dienone is 1. The number of rotatable bonds is 3. The van der Waals surface area contributed by atoms with Crippen LogP contribution in [0, 0.1) is 0 Å². The van der Waals surface area contributed by atoms with Crippen molar-refractivity contribution in [2.75, 3.05) is 13.1 Å². The second-order valence-electron chi connectivity index (χ2n) is 2.81. The van der Waals surface area contributed by atoms with Gasteiger partial charge < -0.3 is 10.6 Å². The zero-order valence-corrected chi connectivity index (χ0v) is 7.62. The number of hydrogen-bond acceptors (Lipinski definition) is 2. The molecule has 0 aromatic rings. The maximum absolute atomic E-state index is 5.77. The lowest BCUT2D eigenvalue weighted by atomic mass is 10.2. The number of hydrogen-bond donors (Lipinski definition) is 2. The van der Waals surface area contributed by atoms with Gasteiger partial charge in [0.1, 0.15) is 0 Å². The molecule has 1 aliphatic rings. The van der Waals surface area contributed by atoms with Crippen LogP contribution >= 0.6 is 11.6 Å². The average molecular weight is 175 g/mol. The van der Waals surface area contributed by atoms with E-state index in [0.29, 0.717) is 6.04 Å². The summed E-state index contributed by atoms with van der Waals surface area (Å²) >= 11 is 5.77. The third-order valence-corrected chi connectivity index (χ3v) is 2.29. The fourth-order valence-corrected chi connectivity index (χ4v) is 1.33. The molecule has 2 nitrogen and oxygen atoms in total. The summed E-state index contributed by atoms with van der Waals surface area (Å²) in [6.07, 6.45) is 4.43. The van der Waals surface area contributed by atoms with Crippen molar-refractivity contribution in [2.24, 2.45) is 0 Å². The Morgan fingerprint density at radius 3 is 3.18 bits per heavy atom. The van der Waals surface area contributed by atoms with Crippen LogP contribution in [0.25, 0.3) is 0 Å². The molecule has 1 fully saturated rings. The largest absolute Gasteiger partial charge is 0.375 e. The highest BCUT2D eigenvalue weighted by Gasteiger charge is 2.12. The van der Waals surface area contributed by atoms with Gasteiger partial charge in [-0.1, -0.05) is 17.7 Å². The van der Waals surface area contributed by atoms with Crippen molar-refractivity contribution in [3.8, 4) is 0 Å². The van der Waals surface area contributed by atoms with Gasteiger partial charge in [0.25, 0.3) is 0 Å². The van der Waals surface area contributed by atoms with E-state index in [1.54, 1.807) is 0 Å². The van der Waals surface area contributed by atoms with E-state index in [4.69, 9.17) is 11.6 Å². The quantitative estimate of drug-likeness (QED) is 0.633. The Morgan fingerprint density at radius 2 is 2.64 bits per heavy atom. The molecule has 0 radical (unpaired) electrons. The molecule has 1 aliphatic heterocycles. The molecule has 0 aromatic carbocycles. The molecule has 0 spiro atoms. The van der Waals surface area contributed by atoms with Crippen LogP contribution in [0.5, 0.6) is 0 Å². The predicted molar refractivity (Wildman–Crippen MR) is 48.6 cm³/mol. The first-order valence-corrected chi connectivity index (χ1v) is 4.50. The molecule has 0 aromatic heterocycles. The van der Waals surface area contributed by atoms with Gasteiger partial charge >= 0.3 is 0 Å². The Labute approximate surface area is 73.0 Å². The summed E-state index contributed by atoms with van der Waals surface area (Å²) in [5.41, 5.74) is 0. The summed E-state index contributed by atoms with van der Waals surface area (Å²) in [5.74, 6) is 0. The monoisotopic (exact) mass is 174 g/mol. The van der Waals surface area contributed by atoms with E-state index in [9.17, 15) is 0 Å². The van der Waals surface area contributed by atoms with Crippen LogP contribution in [0.15, 0.2) is 11.2 Å². The van der Waals surface area contributed by atoms with Gasteiger partial charge in [0, 0.05) is 12.6 Å². The Hall–Kier alpha value is -0.210. The fourth-order valence-electron chi connectivity index (χ4n) is 1.25. The van der Waals surface area contributed by atoms with Crippen LogP contribution in [0.4, 0.5) is 0 Å². The first-order chi connectivity index (χ1) is 5.33. The standard InChI is InChI=1S/C8H15ClN2/c1-2-8(9)11-6-7-4-3-5-10-7/h2,7,10-11H,3-6H2,1H3/b8-2-. The molecule has 1 saturated heterocycles. The third-order valence-electron chi connectivity index (χ3n) is 1.93. The van der Waals surface area contributed by atoms with Gasteiger partial charge in [-0.15, -0.1) is 0 Å². The molecular weight excluding hydrogens is 160 g/mol. The minimum absolute atomic E-state index is 0.615. The van der Waals surface area contributed by atoms with Crippen molar-refractivity contribution in [3.05, 3.63) is 11.2 Å². The van der Waals surface area contributed by atoms with Gasteiger partial charge in [0.15, 0.2) is 0 Å². The highest BCUT2D eigenvalue weighted by Crippen LogP contribution is 2.04. The SMILES string of the molecule is C/C=C(/Cl)NCC1CCCN1. The fraction of sp³-hybridized carbons (Fsp3) is 0.750. The highest BCUT2D eigenvalue weighted by atomic mass is 35.5. The second kappa shape index (κ2) is 4.62. The van der Waals surface area contributed by atoms with Crippen molar-refractivity contribution in [2.45, 2.75) is 25.8 Å². The molecule has 2 N–H and O–H groups in total. The van der Waals surface area contributed by atoms with Crippen LogP contribution in [0.1, 0.15) is 19.8 Å². The van der Waals surface area contributed by atoms with E-state index < -0.39 is 0 Å². The Kier molecular flexibility index (Phi) is 3.73. The summed E-state index contributed by atoms with van der Waals surface area (Å²) < 4.78 is 0. The molecule has 11 heavy (non-hydrogen) atoms. The van der Waals surface area contributed by atoms with Crippen LogP contribution in [0.3, 0.4) is 0 Å². The average Bonchev–Trinajstić information content (AvgIpc) is 2.52. The van der Waals surface area contributed by atoms with Crippen molar-refractivity contribution in [3.63, 3.8) is 0 Å². The molecule has 0 saturated carbocycles. The lowest BCUT2D eigenvalue weighted by Crippen LogP contribution is -2.32. The Balaban J connectivity index is 2.11. The first kappa shape index (κ1) is 8.88. The van der Waals surface area contributed by atoms with Crippen molar-refractivity contribution < 1.29 is 0 Å². The molecule has 1 unspecified atom stereocenters. The van der Waals surface area contributed by atoms with Crippen molar-refractivity contribution in [1.82, 2.24) is 10.6 Å². The maximum Gasteiger partial charge on any atom is 0.0975 e. The minimum atomic E-state index is 0.615. The summed E-state index contributed by atoms with van der Waals surface area (Å²) in [7, 11) is 0. The van der Waals surface area contributed by atoms with E-state index in [-0.39, 0.29) is 0 Å². The summed E-state index contributed by atoms with van der Waals surface area (Å²) in [5, 5.41) is 7.27. The van der Waals surface area contributed by atoms with E-state index in [2.05, 4.69) is 10.6 Å². The lowest BCUT2D eigenvalue weighted by molar-refractivity contribution is 0.576. The van der Waals surface area contributed by atoms with Gasteiger partial charge in [0.05, 0.1) is 5.16 Å². The van der Waals surface area contributed by atoms with Crippen molar-refractivity contribution >= 4 is 11.6 Å². The zero-order valence-electron chi connectivity index (χ0n) is 6.86. The third kappa shape index (κ3) is 3.12. The van der Waals surface area contributed by atoms with Gasteiger partial charge in [0.2, 0.25) is 0 Å². The molecule has 1 atom stereocenters. The number of halogens is 1. The summed E-state index contributed by atoms with van der Waals surface area (Å²) in [6, 6.07) is 0.615. The molecule has 0 aliphatic carbocycles. The normalized spacial score (nSPS) is 25.6. The summed E-state index contributed by atoms with van der Waals surface area (Å²) in [6.45, 7) is 4.03. The number of nitrogens with one attached hydrogen (secondary N) is 2. The first-order valence-electron chi connectivity index (χ1n) is 4.12. The topological polar surface area (TPSA) is 24.1 Å². The molecule has 1 heterocycles. The molecule has 1 rings (SSSR count). The Bertz CT molecular complexity index is 139. The molecule has 3 heteroatoms. The van der Waals surface area contributed by atoms with E-state index in [1.807, 2.05) is 13.0 Å². The van der Waals surface area contributed by atoms with Crippen molar-refractivity contribution in [1.29, 1.82) is 0 Å². The molecular formula is C8H15ClN2. The van der Waals surface area contributed by atoms with E-state index in [1.165, 1.54) is 12.8 Å². The highest BCUT2D eigenvalue weighted by molar-refractivity contribution is 6.29. The van der Waals surface area contributed by atoms with Crippen LogP contribution in [-0.4, -0.2) is 19.1 Å². The lowest BCUT2D eigenvalue weighted by Gasteiger charge is -2.10. The van der Waals surface area contributed by atoms with Gasteiger partial charge in [-0.05, 0) is 26.3 Å². The van der Waals surface area contributed by atoms with Gasteiger partial charge in [-0.25, -0.2) is 0 Å². The zero-order chi connectivity index (χ0) is 8.10. The van der Waals surface area contributed by atoms with E-state index >= 15 is 0 Å². The smallest absolute Gasteiger partial charge is 0.0975 e. The van der Waals surface area contributed by atoms with Gasteiger partial charge in [-0.3, -0.25) is 0 Å². The van der Waals surface area contributed by atoms with E-state index in [0.717, 1.165) is 18.2 Å². The molecule has 0 amide bonds. The summed E-state index contributed by atoms with van der Waals surface area (Å²) in [4.78, 5) is 0. The maximum atomic E-state index is 5.77. The Morgan fingerprint density at radius 1 is 1.82 bits per heavy atom. The van der Waals surface area contributed by atoms with Crippen LogP contribution in [-0.2, 0) is 0 Å². The molecule has 0 bridgehead atoms. The van der Waals surface area contributed by atoms with Gasteiger partial charge in [-0.2, -0.15) is 0 Å². The predicted octanol–water partition coefficient (Wildman–Crippen LogP) is 1.43.